The third kappa shape index (κ3) is 2.66. The average molecular weight is 317 g/mol. The fraction of sp³-hybridized carbons (Fsp3) is 0.105. The third-order valence-corrected chi connectivity index (χ3v) is 3.81. The van der Waals surface area contributed by atoms with Crippen molar-refractivity contribution in [3.63, 3.8) is 0 Å². The third-order valence-electron chi connectivity index (χ3n) is 3.81. The van der Waals surface area contributed by atoms with Gasteiger partial charge < -0.3 is 4.74 Å². The quantitative estimate of drug-likeness (QED) is 0.693. The molecular weight excluding hydrogens is 302 g/mol. The molecule has 0 aliphatic heterocycles. The normalized spacial score (nSPS) is 10.2. The van der Waals surface area contributed by atoms with Crippen LogP contribution in [0.15, 0.2) is 54.6 Å². The fourth-order valence-electron chi connectivity index (χ4n) is 2.54. The number of hydrogen-bond donors (Lipinski definition) is 0. The molecule has 0 aliphatic rings. The summed E-state index contributed by atoms with van der Waals surface area (Å²) in [5.74, 6) is -0.388. The maximum absolute atomic E-state index is 11.5. The van der Waals surface area contributed by atoms with Gasteiger partial charge in [0.1, 0.15) is 17.3 Å². The molecule has 5 heteroatoms. The van der Waals surface area contributed by atoms with Crippen molar-refractivity contribution in [1.82, 2.24) is 9.78 Å². The zero-order chi connectivity index (χ0) is 17.1. The number of hydrogen-bond acceptors (Lipinski definition) is 4. The number of ether oxygens (including phenoxy) is 1. The SMILES string of the molecule is COC(=O)c1ccc(-n2nc(-c3ccccc3)c(C#N)c2C)cc1. The molecule has 24 heavy (non-hydrogen) atoms. The van der Waals surface area contributed by atoms with Crippen molar-refractivity contribution in [2.24, 2.45) is 0 Å². The molecule has 3 aromatic rings. The van der Waals surface area contributed by atoms with Crippen molar-refractivity contribution in [2.75, 3.05) is 7.11 Å². The van der Waals surface area contributed by atoms with Gasteiger partial charge in [-0.15, -0.1) is 0 Å². The van der Waals surface area contributed by atoms with Crippen LogP contribution in [0.25, 0.3) is 16.9 Å². The van der Waals surface area contributed by atoms with Crippen molar-refractivity contribution < 1.29 is 9.53 Å². The first-order valence-corrected chi connectivity index (χ1v) is 7.39. The first-order valence-electron chi connectivity index (χ1n) is 7.39. The topological polar surface area (TPSA) is 67.9 Å². The highest BCUT2D eigenvalue weighted by Crippen LogP contribution is 2.26. The van der Waals surface area contributed by atoms with E-state index in [1.807, 2.05) is 37.3 Å². The van der Waals surface area contributed by atoms with E-state index in [4.69, 9.17) is 4.74 Å². The second-order valence-corrected chi connectivity index (χ2v) is 5.24. The number of carbonyl (C=O) groups excluding carboxylic acids is 1. The summed E-state index contributed by atoms with van der Waals surface area (Å²) < 4.78 is 6.41. The van der Waals surface area contributed by atoms with Crippen LogP contribution in [0, 0.1) is 18.3 Å². The lowest BCUT2D eigenvalue weighted by molar-refractivity contribution is 0.0601. The van der Waals surface area contributed by atoms with Crippen LogP contribution in [0.1, 0.15) is 21.6 Å². The number of rotatable bonds is 3. The summed E-state index contributed by atoms with van der Waals surface area (Å²) in [5, 5.41) is 14.1. The lowest BCUT2D eigenvalue weighted by Crippen LogP contribution is -2.03. The van der Waals surface area contributed by atoms with E-state index in [0.717, 1.165) is 16.9 Å². The molecule has 0 spiro atoms. The lowest BCUT2D eigenvalue weighted by Gasteiger charge is -2.05. The van der Waals surface area contributed by atoms with Crippen LogP contribution < -0.4 is 0 Å². The van der Waals surface area contributed by atoms with Crippen molar-refractivity contribution in [1.29, 1.82) is 5.26 Å². The standard InChI is InChI=1S/C19H15N3O2/c1-13-17(12-20)18(14-6-4-3-5-7-14)21-22(13)16-10-8-15(9-11-16)19(23)24-2/h3-11H,1-2H3. The predicted molar refractivity (Wildman–Crippen MR) is 89.8 cm³/mol. The molecule has 5 nitrogen and oxygen atoms in total. The molecule has 0 saturated heterocycles. The highest BCUT2D eigenvalue weighted by molar-refractivity contribution is 5.89. The predicted octanol–water partition coefficient (Wildman–Crippen LogP) is 3.51. The minimum Gasteiger partial charge on any atom is -0.465 e. The fourth-order valence-corrected chi connectivity index (χ4v) is 2.54. The Morgan fingerprint density at radius 2 is 1.79 bits per heavy atom. The van der Waals surface area contributed by atoms with Crippen LogP contribution in [-0.2, 0) is 4.74 Å². The Hall–Kier alpha value is -3.39. The van der Waals surface area contributed by atoms with Gasteiger partial charge >= 0.3 is 5.97 Å². The van der Waals surface area contributed by atoms with E-state index < -0.39 is 0 Å². The molecule has 0 bridgehead atoms. The Balaban J connectivity index is 2.08. The minimum atomic E-state index is -0.388. The number of esters is 1. The molecule has 0 amide bonds. The Labute approximate surface area is 139 Å². The van der Waals surface area contributed by atoms with Crippen molar-refractivity contribution >= 4 is 5.97 Å². The van der Waals surface area contributed by atoms with Gasteiger partial charge in [0.05, 0.1) is 24.1 Å². The maximum Gasteiger partial charge on any atom is 0.337 e. The Kier molecular flexibility index (Phi) is 4.13. The van der Waals surface area contributed by atoms with E-state index >= 15 is 0 Å². The molecule has 0 saturated carbocycles. The largest absolute Gasteiger partial charge is 0.465 e. The van der Waals surface area contributed by atoms with E-state index in [9.17, 15) is 10.1 Å². The summed E-state index contributed by atoms with van der Waals surface area (Å²) in [5.41, 5.74) is 4.07. The van der Waals surface area contributed by atoms with E-state index in [1.54, 1.807) is 28.9 Å². The summed E-state index contributed by atoms with van der Waals surface area (Å²) in [6, 6.07) is 18.7. The van der Waals surface area contributed by atoms with Crippen LogP contribution in [-0.4, -0.2) is 22.9 Å². The van der Waals surface area contributed by atoms with Gasteiger partial charge in [0.15, 0.2) is 0 Å². The first kappa shape index (κ1) is 15.5. The zero-order valence-electron chi connectivity index (χ0n) is 13.4. The number of nitriles is 1. The number of aromatic nitrogens is 2. The second-order valence-electron chi connectivity index (χ2n) is 5.24. The summed E-state index contributed by atoms with van der Waals surface area (Å²) >= 11 is 0. The minimum absolute atomic E-state index is 0.388. The van der Waals surface area contributed by atoms with Crippen LogP contribution in [0.5, 0.6) is 0 Å². The molecule has 2 aromatic carbocycles. The van der Waals surface area contributed by atoms with Gasteiger partial charge in [-0.1, -0.05) is 30.3 Å². The second kappa shape index (κ2) is 6.39. The van der Waals surface area contributed by atoms with Gasteiger partial charge in [0.25, 0.3) is 0 Å². The molecule has 0 radical (unpaired) electrons. The van der Waals surface area contributed by atoms with Crippen LogP contribution in [0.3, 0.4) is 0 Å². The molecule has 0 unspecified atom stereocenters. The van der Waals surface area contributed by atoms with E-state index in [1.165, 1.54) is 7.11 Å². The summed E-state index contributed by atoms with van der Waals surface area (Å²) in [6.07, 6.45) is 0. The molecule has 0 N–H and O–H groups in total. The van der Waals surface area contributed by atoms with E-state index in [0.29, 0.717) is 16.8 Å². The lowest BCUT2D eigenvalue weighted by atomic mass is 10.1. The smallest absolute Gasteiger partial charge is 0.337 e. The van der Waals surface area contributed by atoms with Crippen LogP contribution in [0.2, 0.25) is 0 Å². The number of nitrogens with zero attached hydrogens (tertiary/aromatic N) is 3. The molecule has 0 atom stereocenters. The molecule has 3 rings (SSSR count). The van der Waals surface area contributed by atoms with Gasteiger partial charge in [0.2, 0.25) is 0 Å². The molecular formula is C19H15N3O2. The van der Waals surface area contributed by atoms with Gasteiger partial charge in [-0.05, 0) is 31.2 Å². The number of benzene rings is 2. The summed E-state index contributed by atoms with van der Waals surface area (Å²) in [7, 11) is 1.35. The Morgan fingerprint density at radius 1 is 1.12 bits per heavy atom. The van der Waals surface area contributed by atoms with Crippen LogP contribution >= 0.6 is 0 Å². The summed E-state index contributed by atoms with van der Waals surface area (Å²) in [6.45, 7) is 1.85. The molecule has 1 heterocycles. The first-order chi connectivity index (χ1) is 11.7. The maximum atomic E-state index is 11.5. The van der Waals surface area contributed by atoms with Crippen LogP contribution in [0.4, 0.5) is 0 Å². The number of methoxy groups -OCH3 is 1. The molecule has 1 aromatic heterocycles. The van der Waals surface area contributed by atoms with Gasteiger partial charge in [0, 0.05) is 5.56 Å². The zero-order valence-corrected chi connectivity index (χ0v) is 13.4. The van der Waals surface area contributed by atoms with E-state index in [-0.39, 0.29) is 5.97 Å². The van der Waals surface area contributed by atoms with Crippen molar-refractivity contribution in [3.05, 3.63) is 71.4 Å². The highest BCUT2D eigenvalue weighted by atomic mass is 16.5. The van der Waals surface area contributed by atoms with Gasteiger partial charge in [-0.2, -0.15) is 10.4 Å². The molecule has 0 fully saturated rings. The van der Waals surface area contributed by atoms with Gasteiger partial charge in [-0.3, -0.25) is 0 Å². The Morgan fingerprint density at radius 3 is 2.38 bits per heavy atom. The molecule has 118 valence electrons. The highest BCUT2D eigenvalue weighted by Gasteiger charge is 2.17. The van der Waals surface area contributed by atoms with Crippen molar-refractivity contribution in [3.8, 4) is 23.0 Å². The van der Waals surface area contributed by atoms with Crippen molar-refractivity contribution in [2.45, 2.75) is 6.92 Å². The molecule has 0 aliphatic carbocycles. The number of carbonyl (C=O) groups is 1. The monoisotopic (exact) mass is 317 g/mol. The van der Waals surface area contributed by atoms with E-state index in [2.05, 4.69) is 11.2 Å². The Bertz CT molecular complexity index is 920. The van der Waals surface area contributed by atoms with Gasteiger partial charge in [-0.25, -0.2) is 9.48 Å². The average Bonchev–Trinajstić information content (AvgIpc) is 2.98. The summed E-state index contributed by atoms with van der Waals surface area (Å²) in [4.78, 5) is 11.5.